The van der Waals surface area contributed by atoms with Crippen LogP contribution in [-0.2, 0) is 15.1 Å². The van der Waals surface area contributed by atoms with Gasteiger partial charge in [-0.05, 0) is 44.7 Å². The number of aryl methyl sites for hydroxylation is 2. The fraction of sp³-hybridized carbons (Fsp3) is 0.481. The van der Waals surface area contributed by atoms with E-state index in [-0.39, 0.29) is 30.7 Å². The fourth-order valence-corrected chi connectivity index (χ4v) is 5.64. The molecular formula is C27H34N4O4S. The van der Waals surface area contributed by atoms with Crippen molar-refractivity contribution in [2.45, 2.75) is 71.6 Å². The van der Waals surface area contributed by atoms with Crippen LogP contribution in [0.5, 0.6) is 0 Å². The molecule has 1 aromatic carbocycles. The molecule has 1 saturated heterocycles. The van der Waals surface area contributed by atoms with Crippen molar-refractivity contribution in [3.63, 3.8) is 0 Å². The van der Waals surface area contributed by atoms with Crippen molar-refractivity contribution in [3.05, 3.63) is 58.6 Å². The predicted octanol–water partition coefficient (Wildman–Crippen LogP) is 4.17. The smallest absolute Gasteiger partial charge is 0.243 e. The van der Waals surface area contributed by atoms with E-state index < -0.39 is 23.6 Å². The molecule has 2 aromatic heterocycles. The van der Waals surface area contributed by atoms with E-state index in [9.17, 15) is 14.7 Å². The number of likely N-dealkylation sites (tertiary alicyclic amines) is 1. The highest BCUT2D eigenvalue weighted by atomic mass is 32.1. The lowest BCUT2D eigenvalue weighted by Gasteiger charge is -2.32. The Hall–Kier alpha value is -3.04. The standard InChI is InChI=1S/C27H34N4O4S/c1-15(2)23(22-11-16(3)30-35-22)26(34)31-13-20(32)12-21(31)25(33)29-27(5,6)19-9-7-18(8-10-19)24-17(4)28-14-36-24/h7-11,14-15,20-21,23,32H,12-13H2,1-6H3,(H,29,33)/t20-,21+,23?/m1/s1. The van der Waals surface area contributed by atoms with E-state index in [1.165, 1.54) is 4.90 Å². The van der Waals surface area contributed by atoms with Gasteiger partial charge < -0.3 is 19.8 Å². The third kappa shape index (κ3) is 5.22. The predicted molar refractivity (Wildman–Crippen MR) is 138 cm³/mol. The number of rotatable bonds is 7. The Morgan fingerprint density at radius 1 is 1.22 bits per heavy atom. The second kappa shape index (κ2) is 10.1. The number of β-amino-alcohol motifs (C(OH)–C–C–N with tert-alkyl or cyclic N) is 1. The number of nitrogens with zero attached hydrogens (tertiary/aromatic N) is 3. The van der Waals surface area contributed by atoms with Crippen molar-refractivity contribution in [3.8, 4) is 10.4 Å². The zero-order chi connectivity index (χ0) is 26.2. The summed E-state index contributed by atoms with van der Waals surface area (Å²) in [5.74, 6) is -0.695. The lowest BCUT2D eigenvalue weighted by atomic mass is 9.91. The van der Waals surface area contributed by atoms with Crippen LogP contribution in [0.2, 0.25) is 0 Å². The summed E-state index contributed by atoms with van der Waals surface area (Å²) in [5, 5.41) is 17.4. The normalized spacial score (nSPS) is 19.1. The number of nitrogens with one attached hydrogen (secondary N) is 1. The molecule has 1 fully saturated rings. The molecule has 0 aliphatic carbocycles. The number of thiazole rings is 1. The molecule has 2 N–H and O–H groups in total. The lowest BCUT2D eigenvalue weighted by Crippen LogP contribution is -2.52. The number of carbonyl (C=O) groups excluding carboxylic acids is 2. The number of benzene rings is 1. The molecule has 2 amide bonds. The lowest BCUT2D eigenvalue weighted by molar-refractivity contribution is -0.141. The number of aromatic nitrogens is 2. The first-order valence-corrected chi connectivity index (χ1v) is 13.1. The molecule has 1 aliphatic heterocycles. The Balaban J connectivity index is 1.52. The molecule has 3 atom stereocenters. The zero-order valence-corrected chi connectivity index (χ0v) is 22.4. The van der Waals surface area contributed by atoms with Crippen molar-refractivity contribution in [2.75, 3.05) is 6.54 Å². The van der Waals surface area contributed by atoms with E-state index in [1.807, 2.05) is 64.4 Å². The highest BCUT2D eigenvalue weighted by Crippen LogP contribution is 2.33. The van der Waals surface area contributed by atoms with Crippen LogP contribution in [0, 0.1) is 19.8 Å². The van der Waals surface area contributed by atoms with E-state index in [0.29, 0.717) is 11.5 Å². The van der Waals surface area contributed by atoms with Gasteiger partial charge in [0.25, 0.3) is 0 Å². The maximum absolute atomic E-state index is 13.6. The minimum Gasteiger partial charge on any atom is -0.391 e. The molecule has 0 radical (unpaired) electrons. The Kier molecular flexibility index (Phi) is 7.33. The summed E-state index contributed by atoms with van der Waals surface area (Å²) in [7, 11) is 0. The number of hydrogen-bond acceptors (Lipinski definition) is 7. The molecule has 36 heavy (non-hydrogen) atoms. The van der Waals surface area contributed by atoms with Crippen LogP contribution < -0.4 is 5.32 Å². The molecule has 3 heterocycles. The van der Waals surface area contributed by atoms with Crippen LogP contribution in [0.25, 0.3) is 10.4 Å². The molecule has 0 saturated carbocycles. The maximum Gasteiger partial charge on any atom is 0.243 e. The molecule has 1 unspecified atom stereocenters. The van der Waals surface area contributed by atoms with Gasteiger partial charge in [0, 0.05) is 19.0 Å². The minimum atomic E-state index is -0.767. The van der Waals surface area contributed by atoms with Gasteiger partial charge in [-0.2, -0.15) is 0 Å². The van der Waals surface area contributed by atoms with E-state index in [1.54, 1.807) is 24.3 Å². The summed E-state index contributed by atoms with van der Waals surface area (Å²) in [6.45, 7) is 11.6. The van der Waals surface area contributed by atoms with Crippen LogP contribution in [0.15, 0.2) is 40.4 Å². The molecular weight excluding hydrogens is 476 g/mol. The van der Waals surface area contributed by atoms with Gasteiger partial charge in [-0.25, -0.2) is 4.98 Å². The van der Waals surface area contributed by atoms with Crippen molar-refractivity contribution in [2.24, 2.45) is 5.92 Å². The van der Waals surface area contributed by atoms with Crippen molar-refractivity contribution < 1.29 is 19.2 Å². The van der Waals surface area contributed by atoms with Crippen LogP contribution in [0.4, 0.5) is 0 Å². The number of aliphatic hydroxyl groups is 1. The summed E-state index contributed by atoms with van der Waals surface area (Å²) < 4.78 is 5.41. The Morgan fingerprint density at radius 2 is 1.92 bits per heavy atom. The molecule has 0 spiro atoms. The van der Waals surface area contributed by atoms with Gasteiger partial charge in [0.2, 0.25) is 11.8 Å². The first-order chi connectivity index (χ1) is 17.0. The molecule has 0 bridgehead atoms. The zero-order valence-electron chi connectivity index (χ0n) is 21.6. The Morgan fingerprint density at radius 3 is 2.47 bits per heavy atom. The van der Waals surface area contributed by atoms with E-state index in [0.717, 1.165) is 21.7 Å². The SMILES string of the molecule is Cc1cc(C(C(=O)N2C[C@H](O)C[C@H]2C(=O)NC(C)(C)c2ccc(-c3scnc3C)cc2)C(C)C)on1. The Bertz CT molecular complexity index is 1230. The van der Waals surface area contributed by atoms with Crippen molar-refractivity contribution in [1.82, 2.24) is 20.4 Å². The first-order valence-electron chi connectivity index (χ1n) is 12.2. The van der Waals surface area contributed by atoms with Crippen molar-refractivity contribution >= 4 is 23.2 Å². The second-order valence-corrected chi connectivity index (χ2v) is 11.3. The van der Waals surface area contributed by atoms with E-state index >= 15 is 0 Å². The molecule has 4 rings (SSSR count). The van der Waals surface area contributed by atoms with Gasteiger partial charge in [-0.1, -0.05) is 43.3 Å². The van der Waals surface area contributed by atoms with E-state index in [4.69, 9.17) is 4.52 Å². The van der Waals surface area contributed by atoms with Gasteiger partial charge in [0.15, 0.2) is 0 Å². The van der Waals surface area contributed by atoms with Crippen LogP contribution in [0.3, 0.4) is 0 Å². The van der Waals surface area contributed by atoms with Gasteiger partial charge in [-0.15, -0.1) is 11.3 Å². The molecule has 1 aliphatic rings. The third-order valence-electron chi connectivity index (χ3n) is 6.80. The van der Waals surface area contributed by atoms with Crippen molar-refractivity contribution in [1.29, 1.82) is 0 Å². The Labute approximate surface area is 215 Å². The molecule has 3 aromatic rings. The van der Waals surface area contributed by atoms with Crippen LogP contribution in [-0.4, -0.2) is 50.7 Å². The van der Waals surface area contributed by atoms with Gasteiger partial charge in [0.1, 0.15) is 17.7 Å². The van der Waals surface area contributed by atoms with Gasteiger partial charge in [-0.3, -0.25) is 9.59 Å². The number of carbonyl (C=O) groups is 2. The first kappa shape index (κ1) is 26.0. The summed E-state index contributed by atoms with van der Waals surface area (Å²) in [6, 6.07) is 9.06. The number of aliphatic hydroxyl groups excluding tert-OH is 1. The largest absolute Gasteiger partial charge is 0.391 e. The number of hydrogen-bond donors (Lipinski definition) is 2. The highest BCUT2D eigenvalue weighted by molar-refractivity contribution is 7.13. The molecule has 192 valence electrons. The summed E-state index contributed by atoms with van der Waals surface area (Å²) in [5.41, 5.74) is 4.86. The summed E-state index contributed by atoms with van der Waals surface area (Å²) in [4.78, 5) is 34.0. The topological polar surface area (TPSA) is 109 Å². The summed E-state index contributed by atoms with van der Waals surface area (Å²) >= 11 is 1.60. The maximum atomic E-state index is 13.6. The molecule has 8 nitrogen and oxygen atoms in total. The second-order valence-electron chi connectivity index (χ2n) is 10.4. The van der Waals surface area contributed by atoms with E-state index in [2.05, 4.69) is 15.5 Å². The minimum absolute atomic E-state index is 0.0663. The van der Waals surface area contributed by atoms with Crippen LogP contribution >= 0.6 is 11.3 Å². The monoisotopic (exact) mass is 510 g/mol. The quantitative estimate of drug-likeness (QED) is 0.494. The average molecular weight is 511 g/mol. The summed E-state index contributed by atoms with van der Waals surface area (Å²) in [6.07, 6.45) is -0.573. The highest BCUT2D eigenvalue weighted by Gasteiger charge is 2.44. The van der Waals surface area contributed by atoms with Gasteiger partial charge in [0.05, 0.1) is 33.4 Å². The van der Waals surface area contributed by atoms with Gasteiger partial charge >= 0.3 is 0 Å². The third-order valence-corrected chi connectivity index (χ3v) is 7.78. The number of amides is 2. The average Bonchev–Trinajstić information content (AvgIpc) is 3.53. The van der Waals surface area contributed by atoms with Crippen LogP contribution in [0.1, 0.15) is 62.7 Å². The fourth-order valence-electron chi connectivity index (χ4n) is 4.83. The molecule has 9 heteroatoms.